The second-order valence-corrected chi connectivity index (χ2v) is 7.96. The normalized spacial score (nSPS) is 12.2. The van der Waals surface area contributed by atoms with Crippen LogP contribution in [0.4, 0.5) is 0 Å². The zero-order valence-electron chi connectivity index (χ0n) is 13.8. The second kappa shape index (κ2) is 6.08. The third kappa shape index (κ3) is 2.89. The van der Waals surface area contributed by atoms with Crippen molar-refractivity contribution in [2.45, 2.75) is 11.4 Å². The summed E-state index contributed by atoms with van der Waals surface area (Å²) < 4.78 is 32.0. The number of fused-ring (bicyclic) bond motifs is 2. The number of benzene rings is 2. The summed E-state index contributed by atoms with van der Waals surface area (Å²) in [4.78, 5) is 18.9. The number of nitrogens with one attached hydrogen (secondary N) is 1. The van der Waals surface area contributed by atoms with Crippen molar-refractivity contribution in [3.63, 3.8) is 0 Å². The van der Waals surface area contributed by atoms with Crippen molar-refractivity contribution in [3.8, 4) is 0 Å². The Morgan fingerprint density at radius 2 is 1.92 bits per heavy atom. The summed E-state index contributed by atoms with van der Waals surface area (Å²) in [5.74, 6) is 0.559. The monoisotopic (exact) mass is 369 g/mol. The lowest BCUT2D eigenvalue weighted by molar-refractivity contribution is 0.458. The molecule has 1 N–H and O–H groups in total. The van der Waals surface area contributed by atoms with Gasteiger partial charge in [0.05, 0.1) is 22.5 Å². The van der Waals surface area contributed by atoms with Crippen LogP contribution < -0.4 is 5.63 Å². The Labute approximate surface area is 148 Å². The van der Waals surface area contributed by atoms with Crippen molar-refractivity contribution in [3.05, 3.63) is 70.8 Å². The number of para-hydroxylation sites is 2. The molecule has 4 aromatic rings. The van der Waals surface area contributed by atoms with Crippen LogP contribution in [0.15, 0.2) is 68.7 Å². The molecule has 26 heavy (non-hydrogen) atoms. The van der Waals surface area contributed by atoms with E-state index in [1.54, 1.807) is 6.07 Å². The molecule has 0 aliphatic heterocycles. The quantitative estimate of drug-likeness (QED) is 0.558. The minimum atomic E-state index is -3.72. The van der Waals surface area contributed by atoms with Crippen molar-refractivity contribution in [1.82, 2.24) is 14.3 Å². The molecule has 0 saturated heterocycles. The van der Waals surface area contributed by atoms with E-state index in [9.17, 15) is 13.2 Å². The third-order valence-corrected chi connectivity index (χ3v) is 5.91. The Balaban J connectivity index is 1.66. The van der Waals surface area contributed by atoms with Gasteiger partial charge in [0.2, 0.25) is 10.0 Å². The molecule has 4 rings (SSSR count). The molecule has 0 spiro atoms. The number of hydrogen-bond acceptors (Lipinski definition) is 5. The summed E-state index contributed by atoms with van der Waals surface area (Å²) >= 11 is 0. The first-order valence-electron chi connectivity index (χ1n) is 7.87. The van der Waals surface area contributed by atoms with Crippen molar-refractivity contribution in [2.75, 3.05) is 7.05 Å². The van der Waals surface area contributed by atoms with Crippen LogP contribution in [-0.2, 0) is 16.6 Å². The number of nitrogens with zero attached hydrogens (tertiary/aromatic N) is 2. The molecule has 0 aliphatic rings. The number of H-pyrrole nitrogens is 1. The molecular formula is C18H15N3O4S. The van der Waals surface area contributed by atoms with E-state index in [1.165, 1.54) is 35.6 Å². The van der Waals surface area contributed by atoms with E-state index in [4.69, 9.17) is 4.42 Å². The van der Waals surface area contributed by atoms with E-state index < -0.39 is 15.6 Å². The van der Waals surface area contributed by atoms with Crippen molar-refractivity contribution >= 4 is 32.0 Å². The Hall–Kier alpha value is -2.97. The first kappa shape index (κ1) is 16.5. The molecule has 2 aromatic heterocycles. The van der Waals surface area contributed by atoms with Crippen LogP contribution in [0.1, 0.15) is 5.82 Å². The maximum absolute atomic E-state index is 12.9. The number of hydrogen-bond donors (Lipinski definition) is 1. The molecule has 0 amide bonds. The van der Waals surface area contributed by atoms with Crippen LogP contribution >= 0.6 is 0 Å². The van der Waals surface area contributed by atoms with Crippen LogP contribution in [0.2, 0.25) is 0 Å². The van der Waals surface area contributed by atoms with Crippen LogP contribution in [0, 0.1) is 0 Å². The predicted octanol–water partition coefficient (Wildman–Crippen LogP) is 2.49. The van der Waals surface area contributed by atoms with Gasteiger partial charge in [-0.15, -0.1) is 0 Å². The smallest absolute Gasteiger partial charge is 0.336 e. The van der Waals surface area contributed by atoms with Crippen LogP contribution in [0.5, 0.6) is 0 Å². The average Bonchev–Trinajstić information content (AvgIpc) is 3.03. The van der Waals surface area contributed by atoms with Crippen LogP contribution in [-0.4, -0.2) is 29.7 Å². The molecule has 132 valence electrons. The SMILES string of the molecule is CN(Cc1nc2ccccc2[nH]1)S(=O)(=O)c1ccc2oc(=O)ccc2c1. The summed E-state index contributed by atoms with van der Waals surface area (Å²) in [5.41, 5.74) is 1.51. The van der Waals surface area contributed by atoms with E-state index in [-0.39, 0.29) is 11.4 Å². The molecule has 0 bridgehead atoms. The van der Waals surface area contributed by atoms with E-state index in [0.717, 1.165) is 11.0 Å². The lowest BCUT2D eigenvalue weighted by Crippen LogP contribution is -2.27. The number of rotatable bonds is 4. The molecule has 2 aromatic carbocycles. The molecule has 0 fully saturated rings. The van der Waals surface area contributed by atoms with Gasteiger partial charge in [-0.1, -0.05) is 12.1 Å². The lowest BCUT2D eigenvalue weighted by Gasteiger charge is -2.16. The molecule has 2 heterocycles. The van der Waals surface area contributed by atoms with Gasteiger partial charge >= 0.3 is 5.63 Å². The van der Waals surface area contributed by atoms with Crippen LogP contribution in [0.25, 0.3) is 22.0 Å². The highest BCUT2D eigenvalue weighted by Crippen LogP contribution is 2.21. The van der Waals surface area contributed by atoms with E-state index in [2.05, 4.69) is 9.97 Å². The Kier molecular flexibility index (Phi) is 3.86. The lowest BCUT2D eigenvalue weighted by atomic mass is 10.2. The van der Waals surface area contributed by atoms with Gasteiger partial charge in [0.15, 0.2) is 0 Å². The summed E-state index contributed by atoms with van der Waals surface area (Å²) in [7, 11) is -2.22. The molecule has 7 nitrogen and oxygen atoms in total. The fraction of sp³-hybridized carbons (Fsp3) is 0.111. The molecule has 0 saturated carbocycles. The Morgan fingerprint density at radius 3 is 2.73 bits per heavy atom. The predicted molar refractivity (Wildman–Crippen MR) is 97.2 cm³/mol. The molecule has 0 atom stereocenters. The minimum Gasteiger partial charge on any atom is -0.423 e. The fourth-order valence-corrected chi connectivity index (χ4v) is 3.93. The van der Waals surface area contributed by atoms with Gasteiger partial charge in [0, 0.05) is 18.5 Å². The molecule has 8 heteroatoms. The molecular weight excluding hydrogens is 354 g/mol. The number of imidazole rings is 1. The molecule has 0 aliphatic carbocycles. The first-order chi connectivity index (χ1) is 12.4. The summed E-state index contributed by atoms with van der Waals surface area (Å²) in [6.45, 7) is 0.110. The maximum atomic E-state index is 12.9. The second-order valence-electron chi connectivity index (χ2n) is 5.92. The summed E-state index contributed by atoms with van der Waals surface area (Å²) in [5, 5.41) is 0.544. The zero-order chi connectivity index (χ0) is 18.3. The Morgan fingerprint density at radius 1 is 1.12 bits per heavy atom. The first-order valence-corrected chi connectivity index (χ1v) is 9.31. The average molecular weight is 369 g/mol. The topological polar surface area (TPSA) is 96.3 Å². The van der Waals surface area contributed by atoms with Gasteiger partial charge in [-0.2, -0.15) is 4.31 Å². The summed E-state index contributed by atoms with van der Waals surface area (Å²) in [6, 6.07) is 14.7. The van der Waals surface area contributed by atoms with Crippen molar-refractivity contribution in [1.29, 1.82) is 0 Å². The highest BCUT2D eigenvalue weighted by molar-refractivity contribution is 7.89. The minimum absolute atomic E-state index is 0.110. The fourth-order valence-electron chi connectivity index (χ4n) is 2.77. The highest BCUT2D eigenvalue weighted by atomic mass is 32.2. The van der Waals surface area contributed by atoms with Gasteiger partial charge in [0.1, 0.15) is 11.4 Å². The van der Waals surface area contributed by atoms with Gasteiger partial charge < -0.3 is 9.40 Å². The van der Waals surface area contributed by atoms with Gasteiger partial charge in [-0.3, -0.25) is 0 Å². The van der Waals surface area contributed by atoms with E-state index in [1.807, 2.05) is 24.3 Å². The summed E-state index contributed by atoms with van der Waals surface area (Å²) in [6.07, 6.45) is 0. The highest BCUT2D eigenvalue weighted by Gasteiger charge is 2.22. The van der Waals surface area contributed by atoms with Crippen molar-refractivity contribution in [2.24, 2.45) is 0 Å². The largest absolute Gasteiger partial charge is 0.423 e. The van der Waals surface area contributed by atoms with Crippen LogP contribution in [0.3, 0.4) is 0 Å². The maximum Gasteiger partial charge on any atom is 0.336 e. The van der Waals surface area contributed by atoms with Gasteiger partial charge in [-0.25, -0.2) is 18.2 Å². The molecule has 0 radical (unpaired) electrons. The Bertz CT molecular complexity index is 1240. The third-order valence-electron chi connectivity index (χ3n) is 4.11. The zero-order valence-corrected chi connectivity index (χ0v) is 14.7. The number of aromatic amines is 1. The van der Waals surface area contributed by atoms with E-state index >= 15 is 0 Å². The van der Waals surface area contributed by atoms with E-state index in [0.29, 0.717) is 16.8 Å². The van der Waals surface area contributed by atoms with Crippen molar-refractivity contribution < 1.29 is 12.8 Å². The van der Waals surface area contributed by atoms with Gasteiger partial charge in [-0.05, 0) is 36.4 Å². The standard InChI is InChI=1S/C18H15N3O4S/c1-21(11-17-19-14-4-2-3-5-15(14)20-17)26(23,24)13-7-8-16-12(10-13)6-9-18(22)25-16/h2-10H,11H2,1H3,(H,19,20). The number of sulfonamides is 1. The number of aromatic nitrogens is 2. The van der Waals surface area contributed by atoms with Gasteiger partial charge in [0.25, 0.3) is 0 Å². The molecule has 0 unspecified atom stereocenters.